The third kappa shape index (κ3) is 2.49. The Morgan fingerprint density at radius 1 is 1.53 bits per heavy atom. The largest absolute Gasteiger partial charge is 0.398 e. The zero-order chi connectivity index (χ0) is 14.4. The first-order chi connectivity index (χ1) is 8.69. The van der Waals surface area contributed by atoms with Crippen LogP contribution in [-0.4, -0.2) is 36.5 Å². The number of nitrogens with zero attached hydrogens (tertiary/aromatic N) is 1. The van der Waals surface area contributed by atoms with Gasteiger partial charge in [0.25, 0.3) is 0 Å². The van der Waals surface area contributed by atoms with Crippen LogP contribution in [0.25, 0.3) is 0 Å². The molecule has 1 aromatic rings. The molecule has 0 aromatic heterocycles. The highest BCUT2D eigenvalue weighted by molar-refractivity contribution is 9.10. The third-order valence-corrected chi connectivity index (χ3v) is 5.73. The van der Waals surface area contributed by atoms with Crippen molar-refractivity contribution < 1.29 is 17.9 Å². The van der Waals surface area contributed by atoms with E-state index in [1.165, 1.54) is 0 Å². The second-order valence-corrected chi connectivity index (χ2v) is 7.42. The van der Waals surface area contributed by atoms with Gasteiger partial charge in [-0.2, -0.15) is 4.31 Å². The summed E-state index contributed by atoms with van der Waals surface area (Å²) in [7, 11) is -3.80. The van der Waals surface area contributed by atoms with Gasteiger partial charge >= 0.3 is 0 Å². The fraction of sp³-hybridized carbons (Fsp3) is 0.455. The third-order valence-electron chi connectivity index (χ3n) is 3.27. The van der Waals surface area contributed by atoms with Gasteiger partial charge < -0.3 is 10.8 Å². The molecule has 19 heavy (non-hydrogen) atoms. The summed E-state index contributed by atoms with van der Waals surface area (Å²) >= 11 is 2.93. The molecule has 0 radical (unpaired) electrons. The van der Waals surface area contributed by atoms with Crippen molar-refractivity contribution in [2.45, 2.75) is 23.8 Å². The molecule has 106 valence electrons. The van der Waals surface area contributed by atoms with Crippen LogP contribution in [0.3, 0.4) is 0 Å². The summed E-state index contributed by atoms with van der Waals surface area (Å²) < 4.78 is 39.0. The van der Waals surface area contributed by atoms with Gasteiger partial charge in [0.15, 0.2) is 0 Å². The Bertz CT molecular complexity index is 615. The van der Waals surface area contributed by atoms with Gasteiger partial charge in [0, 0.05) is 13.1 Å². The molecule has 0 unspecified atom stereocenters. The lowest BCUT2D eigenvalue weighted by atomic mass is 9.94. The van der Waals surface area contributed by atoms with E-state index in [0.29, 0.717) is 6.42 Å². The monoisotopic (exact) mass is 352 g/mol. The van der Waals surface area contributed by atoms with E-state index in [2.05, 4.69) is 15.9 Å². The summed E-state index contributed by atoms with van der Waals surface area (Å²) in [6.07, 6.45) is 0.474. The number of aliphatic hydroxyl groups is 1. The van der Waals surface area contributed by atoms with Gasteiger partial charge in [0.1, 0.15) is 10.7 Å². The maximum Gasteiger partial charge on any atom is 0.245 e. The molecule has 3 N–H and O–H groups in total. The van der Waals surface area contributed by atoms with Crippen LogP contribution in [0.15, 0.2) is 21.5 Å². The number of anilines is 1. The summed E-state index contributed by atoms with van der Waals surface area (Å²) in [6.45, 7) is 1.84. The maximum atomic E-state index is 13.2. The second-order valence-electron chi connectivity index (χ2n) is 4.66. The second kappa shape index (κ2) is 4.69. The molecule has 1 aromatic carbocycles. The first kappa shape index (κ1) is 14.7. The Morgan fingerprint density at radius 2 is 2.11 bits per heavy atom. The molecule has 0 bridgehead atoms. The Kier molecular flexibility index (Phi) is 3.63. The van der Waals surface area contributed by atoms with Crippen molar-refractivity contribution in [2.75, 3.05) is 18.8 Å². The molecule has 0 atom stereocenters. The number of benzene rings is 1. The Balaban J connectivity index is 2.35. The fourth-order valence-electron chi connectivity index (χ4n) is 1.91. The summed E-state index contributed by atoms with van der Waals surface area (Å²) in [4.78, 5) is -0.154. The Morgan fingerprint density at radius 3 is 2.63 bits per heavy atom. The van der Waals surface area contributed by atoms with Crippen LogP contribution in [0.4, 0.5) is 10.1 Å². The topological polar surface area (TPSA) is 83.6 Å². The van der Waals surface area contributed by atoms with Crippen molar-refractivity contribution in [1.29, 1.82) is 0 Å². The van der Waals surface area contributed by atoms with Gasteiger partial charge in [-0.25, -0.2) is 12.8 Å². The number of β-amino-alcohol motifs (C(OH)–C–C–N with tert-alkyl or cyclic N) is 1. The lowest BCUT2D eigenvalue weighted by Crippen LogP contribution is -2.62. The lowest BCUT2D eigenvalue weighted by Gasteiger charge is -2.44. The van der Waals surface area contributed by atoms with E-state index in [4.69, 9.17) is 5.73 Å². The molecule has 1 heterocycles. The number of hydrogen-bond donors (Lipinski definition) is 2. The zero-order valence-electron chi connectivity index (χ0n) is 10.2. The van der Waals surface area contributed by atoms with E-state index in [-0.39, 0.29) is 28.1 Å². The molecule has 5 nitrogen and oxygen atoms in total. The number of nitrogen functional groups attached to an aromatic ring is 1. The molecular weight excluding hydrogens is 339 g/mol. The maximum absolute atomic E-state index is 13.2. The van der Waals surface area contributed by atoms with Crippen molar-refractivity contribution >= 4 is 31.6 Å². The van der Waals surface area contributed by atoms with Crippen LogP contribution in [-0.2, 0) is 10.0 Å². The highest BCUT2D eigenvalue weighted by Gasteiger charge is 2.46. The predicted octanol–water partition coefficient (Wildman–Crippen LogP) is 1.32. The molecule has 0 saturated carbocycles. The smallest absolute Gasteiger partial charge is 0.245 e. The minimum atomic E-state index is -3.80. The normalized spacial score (nSPS) is 19.2. The Labute approximate surface area is 119 Å². The van der Waals surface area contributed by atoms with Crippen LogP contribution >= 0.6 is 15.9 Å². The molecule has 0 spiro atoms. The minimum Gasteiger partial charge on any atom is -0.398 e. The van der Waals surface area contributed by atoms with E-state index in [0.717, 1.165) is 16.4 Å². The van der Waals surface area contributed by atoms with E-state index in [9.17, 15) is 17.9 Å². The predicted molar refractivity (Wildman–Crippen MR) is 72.5 cm³/mol. The summed E-state index contributed by atoms with van der Waals surface area (Å²) in [6, 6.07) is 2.10. The van der Waals surface area contributed by atoms with Crippen LogP contribution in [0.5, 0.6) is 0 Å². The van der Waals surface area contributed by atoms with Crippen LogP contribution in [0.2, 0.25) is 0 Å². The fourth-order valence-corrected chi connectivity index (χ4v) is 4.13. The van der Waals surface area contributed by atoms with Gasteiger partial charge in [-0.05, 0) is 34.5 Å². The first-order valence-electron chi connectivity index (χ1n) is 5.67. The number of hydrogen-bond acceptors (Lipinski definition) is 4. The van der Waals surface area contributed by atoms with Crippen molar-refractivity contribution in [3.05, 3.63) is 22.4 Å². The summed E-state index contributed by atoms with van der Waals surface area (Å²) in [5.74, 6) is -0.620. The standard InChI is InChI=1S/C11H14BrFN2O3S/c1-2-11(16)5-15(6-11)19(17,18)10-3-7(12)8(13)4-9(10)14/h3-4,16H,2,5-6,14H2,1H3. The molecule has 1 aliphatic heterocycles. The molecule has 0 amide bonds. The van der Waals surface area contributed by atoms with Crippen LogP contribution < -0.4 is 5.73 Å². The zero-order valence-corrected chi connectivity index (χ0v) is 12.6. The van der Waals surface area contributed by atoms with E-state index < -0.39 is 21.4 Å². The van der Waals surface area contributed by atoms with Crippen molar-refractivity contribution in [3.63, 3.8) is 0 Å². The molecule has 1 aliphatic rings. The molecule has 1 fully saturated rings. The van der Waals surface area contributed by atoms with Gasteiger partial charge in [-0.1, -0.05) is 6.92 Å². The number of halogens is 2. The van der Waals surface area contributed by atoms with Crippen LogP contribution in [0.1, 0.15) is 13.3 Å². The highest BCUT2D eigenvalue weighted by atomic mass is 79.9. The SMILES string of the molecule is CCC1(O)CN(S(=O)(=O)c2cc(Br)c(F)cc2N)C1. The number of sulfonamides is 1. The molecular formula is C11H14BrFN2O3S. The lowest BCUT2D eigenvalue weighted by molar-refractivity contribution is -0.0613. The molecule has 0 aliphatic carbocycles. The summed E-state index contributed by atoms with van der Waals surface area (Å²) in [5, 5.41) is 9.86. The average molecular weight is 353 g/mol. The quantitative estimate of drug-likeness (QED) is 0.803. The number of nitrogens with two attached hydrogens (primary N) is 1. The Hall–Kier alpha value is -0.700. The highest BCUT2D eigenvalue weighted by Crippen LogP contribution is 2.34. The van der Waals surface area contributed by atoms with E-state index >= 15 is 0 Å². The van der Waals surface area contributed by atoms with Gasteiger partial charge in [-0.3, -0.25) is 0 Å². The summed E-state index contributed by atoms with van der Waals surface area (Å²) in [5.41, 5.74) is 4.45. The van der Waals surface area contributed by atoms with Crippen molar-refractivity contribution in [2.24, 2.45) is 0 Å². The van der Waals surface area contributed by atoms with Crippen molar-refractivity contribution in [1.82, 2.24) is 4.31 Å². The molecule has 8 heteroatoms. The van der Waals surface area contributed by atoms with Gasteiger partial charge in [0.2, 0.25) is 10.0 Å². The molecule has 1 saturated heterocycles. The van der Waals surface area contributed by atoms with E-state index in [1.54, 1.807) is 6.92 Å². The first-order valence-corrected chi connectivity index (χ1v) is 7.90. The van der Waals surface area contributed by atoms with Gasteiger partial charge in [0.05, 0.1) is 15.8 Å². The molecule has 2 rings (SSSR count). The average Bonchev–Trinajstić information content (AvgIpc) is 2.29. The van der Waals surface area contributed by atoms with Gasteiger partial charge in [-0.15, -0.1) is 0 Å². The van der Waals surface area contributed by atoms with Crippen molar-refractivity contribution in [3.8, 4) is 0 Å². The minimum absolute atomic E-state index is 0.0280. The van der Waals surface area contributed by atoms with E-state index in [1.807, 2.05) is 0 Å². The van der Waals surface area contributed by atoms with Crippen LogP contribution in [0, 0.1) is 5.82 Å². The number of rotatable bonds is 3.